The Balaban J connectivity index is 1.83. The monoisotopic (exact) mass is 263 g/mol. The van der Waals surface area contributed by atoms with Crippen LogP contribution in [0.15, 0.2) is 12.3 Å². The zero-order valence-electron chi connectivity index (χ0n) is 11.8. The van der Waals surface area contributed by atoms with Gasteiger partial charge in [0.25, 0.3) is 0 Å². The molecule has 2 aliphatic rings. The van der Waals surface area contributed by atoms with Gasteiger partial charge in [-0.05, 0) is 13.8 Å². The first-order chi connectivity index (χ1) is 9.19. The van der Waals surface area contributed by atoms with E-state index in [-0.39, 0.29) is 0 Å². The van der Waals surface area contributed by atoms with Gasteiger partial charge in [0.05, 0.1) is 19.3 Å². The Labute approximate surface area is 114 Å². The van der Waals surface area contributed by atoms with Crippen LogP contribution in [0.5, 0.6) is 11.5 Å². The van der Waals surface area contributed by atoms with E-state index in [0.29, 0.717) is 12.1 Å². The molecule has 0 aliphatic carbocycles. The van der Waals surface area contributed by atoms with Gasteiger partial charge in [-0.3, -0.25) is 4.90 Å². The van der Waals surface area contributed by atoms with Crippen LogP contribution in [0.3, 0.4) is 0 Å². The average molecular weight is 263 g/mol. The molecule has 5 nitrogen and oxygen atoms in total. The molecule has 1 aromatic heterocycles. The van der Waals surface area contributed by atoms with Gasteiger partial charge in [-0.1, -0.05) is 0 Å². The van der Waals surface area contributed by atoms with Crippen molar-refractivity contribution in [3.05, 3.63) is 12.3 Å². The molecule has 0 spiro atoms. The van der Waals surface area contributed by atoms with Crippen molar-refractivity contribution in [3.63, 3.8) is 0 Å². The Morgan fingerprint density at radius 3 is 3.00 bits per heavy atom. The molecule has 1 fully saturated rings. The predicted octanol–water partition coefficient (Wildman–Crippen LogP) is 1.38. The maximum atomic E-state index is 5.85. The lowest BCUT2D eigenvalue weighted by molar-refractivity contribution is 0.140. The highest BCUT2D eigenvalue weighted by molar-refractivity contribution is 5.57. The third kappa shape index (κ3) is 2.23. The quantitative estimate of drug-likeness (QED) is 0.806. The number of methoxy groups -OCH3 is 1. The van der Waals surface area contributed by atoms with Gasteiger partial charge in [-0.2, -0.15) is 0 Å². The van der Waals surface area contributed by atoms with Crippen molar-refractivity contribution >= 4 is 5.82 Å². The smallest absolute Gasteiger partial charge is 0.172 e. The van der Waals surface area contributed by atoms with E-state index in [9.17, 15) is 0 Å². The van der Waals surface area contributed by atoms with E-state index < -0.39 is 0 Å². The van der Waals surface area contributed by atoms with Gasteiger partial charge in [0.15, 0.2) is 11.6 Å². The van der Waals surface area contributed by atoms with Crippen LogP contribution in [-0.4, -0.2) is 55.3 Å². The molecule has 0 N–H and O–H groups in total. The highest BCUT2D eigenvalue weighted by atomic mass is 16.5. The fourth-order valence-corrected chi connectivity index (χ4v) is 2.81. The van der Waals surface area contributed by atoms with Gasteiger partial charge in [0.1, 0.15) is 12.4 Å². The van der Waals surface area contributed by atoms with Gasteiger partial charge in [-0.15, -0.1) is 0 Å². The summed E-state index contributed by atoms with van der Waals surface area (Å²) in [6.07, 6.45) is 1.76. The molecule has 0 amide bonds. The van der Waals surface area contributed by atoms with Crippen LogP contribution in [0.25, 0.3) is 0 Å². The molecule has 1 aromatic rings. The number of nitrogens with zero attached hydrogens (tertiary/aromatic N) is 3. The second-order valence-corrected chi connectivity index (χ2v) is 5.44. The lowest BCUT2D eigenvalue weighted by atomic mass is 10.1. The number of ether oxygens (including phenoxy) is 2. The molecule has 1 saturated heterocycles. The number of rotatable bonds is 2. The molecule has 0 aromatic carbocycles. The van der Waals surface area contributed by atoms with E-state index in [1.807, 2.05) is 6.07 Å². The topological polar surface area (TPSA) is 37.8 Å². The first-order valence-corrected chi connectivity index (χ1v) is 6.86. The second kappa shape index (κ2) is 4.89. The minimum absolute atomic E-state index is 0.407. The summed E-state index contributed by atoms with van der Waals surface area (Å²) in [7, 11) is 1.65. The van der Waals surface area contributed by atoms with Crippen molar-refractivity contribution in [2.24, 2.45) is 0 Å². The number of hydrogen-bond acceptors (Lipinski definition) is 5. The molecule has 3 heterocycles. The van der Waals surface area contributed by atoms with Crippen molar-refractivity contribution in [1.82, 2.24) is 9.88 Å². The number of anilines is 1. The standard InChI is InChI=1S/C14H21N3O2/c1-10(2)16-4-5-17-11(8-16)9-19-13-6-12(18-3)7-15-14(13)17/h6-7,10-11H,4-5,8-9H2,1-3H3/t11-/m0/s1. The van der Waals surface area contributed by atoms with Crippen LogP contribution in [0.2, 0.25) is 0 Å². The third-order valence-corrected chi connectivity index (χ3v) is 3.99. The molecule has 2 aliphatic heterocycles. The van der Waals surface area contributed by atoms with Crippen molar-refractivity contribution in [2.75, 3.05) is 38.3 Å². The molecule has 1 atom stereocenters. The molecule has 0 unspecified atom stereocenters. The molecule has 19 heavy (non-hydrogen) atoms. The third-order valence-electron chi connectivity index (χ3n) is 3.99. The van der Waals surface area contributed by atoms with Gasteiger partial charge >= 0.3 is 0 Å². The SMILES string of the molecule is COc1cnc2c(c1)OC[C@@H]1CN(C(C)C)CCN21. The highest BCUT2D eigenvalue weighted by Crippen LogP contribution is 2.35. The minimum Gasteiger partial charge on any atom is -0.495 e. The van der Waals surface area contributed by atoms with Crippen molar-refractivity contribution in [2.45, 2.75) is 25.9 Å². The van der Waals surface area contributed by atoms with Gasteiger partial charge in [0, 0.05) is 31.7 Å². The summed E-state index contributed by atoms with van der Waals surface area (Å²) in [4.78, 5) is 9.37. The zero-order valence-corrected chi connectivity index (χ0v) is 11.8. The summed E-state index contributed by atoms with van der Waals surface area (Å²) in [6.45, 7) is 8.36. The van der Waals surface area contributed by atoms with Crippen LogP contribution in [0.4, 0.5) is 5.82 Å². The summed E-state index contributed by atoms with van der Waals surface area (Å²) >= 11 is 0. The molecule has 0 saturated carbocycles. The summed E-state index contributed by atoms with van der Waals surface area (Å²) < 4.78 is 11.0. The number of fused-ring (bicyclic) bond motifs is 3. The molecular weight excluding hydrogens is 242 g/mol. The fourth-order valence-electron chi connectivity index (χ4n) is 2.81. The summed E-state index contributed by atoms with van der Waals surface area (Å²) in [6, 6.07) is 2.92. The first-order valence-electron chi connectivity index (χ1n) is 6.86. The Morgan fingerprint density at radius 1 is 1.42 bits per heavy atom. The lowest BCUT2D eigenvalue weighted by Gasteiger charge is -2.46. The summed E-state index contributed by atoms with van der Waals surface area (Å²) in [5.74, 6) is 2.55. The van der Waals surface area contributed by atoms with E-state index in [1.54, 1.807) is 13.3 Å². The van der Waals surface area contributed by atoms with Gasteiger partial charge in [0.2, 0.25) is 0 Å². The molecule has 104 valence electrons. The average Bonchev–Trinajstić information content (AvgIpc) is 2.45. The van der Waals surface area contributed by atoms with E-state index >= 15 is 0 Å². The lowest BCUT2D eigenvalue weighted by Crippen LogP contribution is -2.58. The zero-order chi connectivity index (χ0) is 13.4. The van der Waals surface area contributed by atoms with Gasteiger partial charge in [-0.25, -0.2) is 4.98 Å². The number of aromatic nitrogens is 1. The van der Waals surface area contributed by atoms with Crippen LogP contribution in [0.1, 0.15) is 13.8 Å². The predicted molar refractivity (Wildman–Crippen MR) is 74.1 cm³/mol. The maximum Gasteiger partial charge on any atom is 0.172 e. The molecule has 0 bridgehead atoms. The highest BCUT2D eigenvalue weighted by Gasteiger charge is 2.34. The maximum absolute atomic E-state index is 5.85. The Bertz CT molecular complexity index is 464. The Hall–Kier alpha value is -1.49. The fraction of sp³-hybridized carbons (Fsp3) is 0.643. The van der Waals surface area contributed by atoms with Gasteiger partial charge < -0.3 is 14.4 Å². The van der Waals surface area contributed by atoms with Crippen LogP contribution >= 0.6 is 0 Å². The molecule has 0 radical (unpaired) electrons. The minimum atomic E-state index is 0.407. The first kappa shape index (κ1) is 12.5. The van der Waals surface area contributed by atoms with E-state index in [1.165, 1.54) is 0 Å². The summed E-state index contributed by atoms with van der Waals surface area (Å²) in [5, 5.41) is 0. The van der Waals surface area contributed by atoms with Crippen molar-refractivity contribution < 1.29 is 9.47 Å². The molecular formula is C14H21N3O2. The number of hydrogen-bond donors (Lipinski definition) is 0. The van der Waals surface area contributed by atoms with Crippen molar-refractivity contribution in [3.8, 4) is 11.5 Å². The second-order valence-electron chi connectivity index (χ2n) is 5.44. The van der Waals surface area contributed by atoms with E-state index in [2.05, 4.69) is 28.6 Å². The number of piperazine rings is 1. The summed E-state index contributed by atoms with van der Waals surface area (Å²) in [5.41, 5.74) is 0. The Morgan fingerprint density at radius 2 is 2.26 bits per heavy atom. The normalized spacial score (nSPS) is 22.7. The molecule has 5 heteroatoms. The molecule has 3 rings (SSSR count). The van der Waals surface area contributed by atoms with Crippen LogP contribution < -0.4 is 14.4 Å². The van der Waals surface area contributed by atoms with E-state index in [0.717, 1.165) is 43.6 Å². The number of pyridine rings is 1. The van der Waals surface area contributed by atoms with Crippen LogP contribution in [-0.2, 0) is 0 Å². The van der Waals surface area contributed by atoms with Crippen LogP contribution in [0, 0.1) is 0 Å². The van der Waals surface area contributed by atoms with Crippen molar-refractivity contribution in [1.29, 1.82) is 0 Å². The van der Waals surface area contributed by atoms with E-state index in [4.69, 9.17) is 9.47 Å². The largest absolute Gasteiger partial charge is 0.495 e. The Kier molecular flexibility index (Phi) is 3.22.